The number of hydrogen-bond acceptors (Lipinski definition) is 1. The van der Waals surface area contributed by atoms with Gasteiger partial charge in [-0.2, -0.15) is 13.2 Å². The number of alkyl halides is 3. The summed E-state index contributed by atoms with van der Waals surface area (Å²) in [5, 5.41) is 2.60. The average Bonchev–Trinajstić information content (AvgIpc) is 2.28. The summed E-state index contributed by atoms with van der Waals surface area (Å²) >= 11 is 0. The second-order valence-electron chi connectivity index (χ2n) is 4.00. The van der Waals surface area contributed by atoms with Gasteiger partial charge in [0.15, 0.2) is 0 Å². The summed E-state index contributed by atoms with van der Waals surface area (Å²) in [6.07, 6.45) is -3.03. The minimum atomic E-state index is -4.34. The average molecular weight is 259 g/mol. The Hall–Kier alpha value is -1.52. The van der Waals surface area contributed by atoms with Crippen LogP contribution in [0.5, 0.6) is 0 Å². The lowest BCUT2D eigenvalue weighted by Gasteiger charge is -2.12. The number of benzene rings is 1. The van der Waals surface area contributed by atoms with Gasteiger partial charge in [0.25, 0.3) is 0 Å². The number of halogens is 3. The zero-order valence-corrected chi connectivity index (χ0v) is 10.2. The van der Waals surface area contributed by atoms with Crippen LogP contribution in [-0.2, 0) is 17.4 Å². The summed E-state index contributed by atoms with van der Waals surface area (Å²) in [4.78, 5) is 11.2. The molecule has 0 aromatic heterocycles. The molecule has 1 aromatic carbocycles. The molecular weight excluding hydrogens is 243 g/mol. The summed E-state index contributed by atoms with van der Waals surface area (Å²) in [6, 6.07) is 5.43. The van der Waals surface area contributed by atoms with Gasteiger partial charge in [0.2, 0.25) is 5.91 Å². The minimum absolute atomic E-state index is 0.123. The van der Waals surface area contributed by atoms with Crippen LogP contribution < -0.4 is 5.32 Å². The molecular formula is C13H16F3NO. The predicted molar refractivity (Wildman–Crippen MR) is 63.1 cm³/mol. The summed E-state index contributed by atoms with van der Waals surface area (Å²) in [5.74, 6) is -0.123. The van der Waals surface area contributed by atoms with Crippen molar-refractivity contribution in [2.45, 2.75) is 32.4 Å². The smallest absolute Gasteiger partial charge is 0.356 e. The molecule has 1 rings (SSSR count). The molecule has 0 aliphatic heterocycles. The van der Waals surface area contributed by atoms with Gasteiger partial charge in [-0.05, 0) is 24.5 Å². The van der Waals surface area contributed by atoms with E-state index in [-0.39, 0.29) is 24.4 Å². The van der Waals surface area contributed by atoms with Gasteiger partial charge in [0, 0.05) is 13.0 Å². The van der Waals surface area contributed by atoms with E-state index in [1.165, 1.54) is 12.1 Å². The second kappa shape index (κ2) is 6.42. The highest BCUT2D eigenvalue weighted by Gasteiger charge is 2.32. The Labute approximate surface area is 104 Å². The van der Waals surface area contributed by atoms with Gasteiger partial charge < -0.3 is 5.32 Å². The van der Waals surface area contributed by atoms with Gasteiger partial charge >= 0.3 is 6.18 Å². The number of nitrogens with one attached hydrogen (secondary N) is 1. The molecule has 0 heterocycles. The summed E-state index contributed by atoms with van der Waals surface area (Å²) in [7, 11) is 0. The summed E-state index contributed by atoms with van der Waals surface area (Å²) in [5.41, 5.74) is -0.420. The molecule has 5 heteroatoms. The van der Waals surface area contributed by atoms with Crippen LogP contribution in [-0.4, -0.2) is 12.5 Å². The number of hydrogen-bond donors (Lipinski definition) is 1. The third kappa shape index (κ3) is 4.39. The second-order valence-corrected chi connectivity index (χ2v) is 4.00. The quantitative estimate of drug-likeness (QED) is 0.864. The molecule has 0 atom stereocenters. The molecule has 0 radical (unpaired) electrons. The van der Waals surface area contributed by atoms with Crippen LogP contribution in [0.4, 0.5) is 13.2 Å². The van der Waals surface area contributed by atoms with E-state index in [1.54, 1.807) is 6.07 Å². The topological polar surface area (TPSA) is 29.1 Å². The maximum absolute atomic E-state index is 12.7. The Bertz CT molecular complexity index is 401. The van der Waals surface area contributed by atoms with E-state index in [0.29, 0.717) is 6.42 Å². The van der Waals surface area contributed by atoms with Gasteiger partial charge in [0.05, 0.1) is 5.56 Å². The van der Waals surface area contributed by atoms with Gasteiger partial charge in [-0.15, -0.1) is 0 Å². The van der Waals surface area contributed by atoms with Crippen molar-refractivity contribution >= 4 is 5.91 Å². The summed E-state index contributed by atoms with van der Waals surface area (Å²) in [6.45, 7) is 2.10. The Morgan fingerprint density at radius 1 is 1.28 bits per heavy atom. The molecule has 1 aromatic rings. The first-order chi connectivity index (χ1) is 8.45. The van der Waals surface area contributed by atoms with Crippen LogP contribution in [0.2, 0.25) is 0 Å². The van der Waals surface area contributed by atoms with Crippen molar-refractivity contribution in [3.05, 3.63) is 35.4 Å². The normalized spacial score (nSPS) is 11.3. The maximum atomic E-state index is 12.7. The van der Waals surface area contributed by atoms with Crippen molar-refractivity contribution in [3.63, 3.8) is 0 Å². The molecule has 100 valence electrons. The van der Waals surface area contributed by atoms with Crippen LogP contribution in [0.3, 0.4) is 0 Å². The number of carbonyl (C=O) groups is 1. The van der Waals surface area contributed by atoms with Crippen molar-refractivity contribution in [1.29, 1.82) is 0 Å². The molecule has 1 amide bonds. The molecule has 18 heavy (non-hydrogen) atoms. The molecule has 0 fully saturated rings. The largest absolute Gasteiger partial charge is 0.416 e. The zero-order valence-electron chi connectivity index (χ0n) is 10.2. The van der Waals surface area contributed by atoms with Gasteiger partial charge in [-0.25, -0.2) is 0 Å². The Morgan fingerprint density at radius 2 is 1.94 bits per heavy atom. The van der Waals surface area contributed by atoms with Gasteiger partial charge in [-0.3, -0.25) is 4.79 Å². The van der Waals surface area contributed by atoms with Gasteiger partial charge in [0.1, 0.15) is 0 Å². The Balaban J connectivity index is 2.60. The fraction of sp³-hybridized carbons (Fsp3) is 0.462. The van der Waals surface area contributed by atoms with E-state index >= 15 is 0 Å². The first kappa shape index (κ1) is 14.5. The molecule has 2 nitrogen and oxygen atoms in total. The third-order valence-corrected chi connectivity index (χ3v) is 2.52. The van der Waals surface area contributed by atoms with E-state index < -0.39 is 11.7 Å². The first-order valence-electron chi connectivity index (χ1n) is 5.87. The van der Waals surface area contributed by atoms with E-state index in [2.05, 4.69) is 5.32 Å². The molecule has 1 N–H and O–H groups in total. The van der Waals surface area contributed by atoms with Crippen LogP contribution in [0.1, 0.15) is 30.9 Å². The molecule has 0 aliphatic rings. The Kier molecular flexibility index (Phi) is 5.19. The van der Waals surface area contributed by atoms with Crippen LogP contribution in [0.15, 0.2) is 24.3 Å². The van der Waals surface area contributed by atoms with Gasteiger partial charge in [-0.1, -0.05) is 25.1 Å². The third-order valence-electron chi connectivity index (χ3n) is 2.52. The lowest BCUT2D eigenvalue weighted by Crippen LogP contribution is -2.25. The van der Waals surface area contributed by atoms with Crippen molar-refractivity contribution in [3.8, 4) is 0 Å². The van der Waals surface area contributed by atoms with E-state index in [0.717, 1.165) is 12.5 Å². The number of amides is 1. The SMILES string of the molecule is CCCC(=O)NCCc1ccccc1C(F)(F)F. The van der Waals surface area contributed by atoms with E-state index in [9.17, 15) is 18.0 Å². The standard InChI is InChI=1S/C13H16F3NO/c1-2-5-12(18)17-9-8-10-6-3-4-7-11(10)13(14,15)16/h3-4,6-7H,2,5,8-9H2,1H3,(H,17,18). The van der Waals surface area contributed by atoms with E-state index in [4.69, 9.17) is 0 Å². The van der Waals surface area contributed by atoms with Crippen molar-refractivity contribution < 1.29 is 18.0 Å². The van der Waals surface area contributed by atoms with Crippen LogP contribution >= 0.6 is 0 Å². The summed E-state index contributed by atoms with van der Waals surface area (Å²) < 4.78 is 38.0. The fourth-order valence-corrected chi connectivity index (χ4v) is 1.67. The molecule has 0 saturated carbocycles. The van der Waals surface area contributed by atoms with Crippen molar-refractivity contribution in [1.82, 2.24) is 5.32 Å². The Morgan fingerprint density at radius 3 is 2.56 bits per heavy atom. The minimum Gasteiger partial charge on any atom is -0.356 e. The zero-order chi connectivity index (χ0) is 13.6. The lowest BCUT2D eigenvalue weighted by molar-refractivity contribution is -0.138. The highest BCUT2D eigenvalue weighted by molar-refractivity contribution is 5.75. The highest BCUT2D eigenvalue weighted by atomic mass is 19.4. The maximum Gasteiger partial charge on any atom is 0.416 e. The molecule has 0 spiro atoms. The van der Waals surface area contributed by atoms with Crippen LogP contribution in [0.25, 0.3) is 0 Å². The molecule has 0 aliphatic carbocycles. The fourth-order valence-electron chi connectivity index (χ4n) is 1.67. The highest BCUT2D eigenvalue weighted by Crippen LogP contribution is 2.31. The van der Waals surface area contributed by atoms with Crippen LogP contribution in [0, 0.1) is 0 Å². The lowest BCUT2D eigenvalue weighted by atomic mass is 10.0. The van der Waals surface area contributed by atoms with E-state index in [1.807, 2.05) is 6.92 Å². The molecule has 0 bridgehead atoms. The molecule has 0 saturated heterocycles. The number of carbonyl (C=O) groups excluding carboxylic acids is 1. The molecule has 0 unspecified atom stereocenters. The predicted octanol–water partition coefficient (Wildman–Crippen LogP) is 3.16. The number of rotatable bonds is 5. The first-order valence-corrected chi connectivity index (χ1v) is 5.87. The van der Waals surface area contributed by atoms with Crippen molar-refractivity contribution in [2.24, 2.45) is 0 Å². The monoisotopic (exact) mass is 259 g/mol. The van der Waals surface area contributed by atoms with Crippen molar-refractivity contribution in [2.75, 3.05) is 6.54 Å².